The fourth-order valence-electron chi connectivity index (χ4n) is 17.5. The number of rotatable bonds is 27. The average molecular weight is 2020 g/mol. The molecule has 0 saturated heterocycles. The van der Waals surface area contributed by atoms with E-state index in [9.17, 15) is 75.8 Å². The highest BCUT2D eigenvalue weighted by molar-refractivity contribution is 6.35. The molecular weight excluding hydrogens is 1910 g/mol. The zero-order valence-electron chi connectivity index (χ0n) is 83.2. The normalized spacial score (nSPS) is 13.3. The first-order valence-corrected chi connectivity index (χ1v) is 47.3. The maximum absolute atomic E-state index is 15.2. The average Bonchev–Trinajstić information content (AvgIpc) is 1.61. The van der Waals surface area contributed by atoms with Crippen molar-refractivity contribution in [3.63, 3.8) is 0 Å². The Hall–Kier alpha value is -16.3. The van der Waals surface area contributed by atoms with Crippen LogP contribution in [0.1, 0.15) is 107 Å². The van der Waals surface area contributed by atoms with Crippen molar-refractivity contribution in [1.29, 1.82) is 0 Å². The van der Waals surface area contributed by atoms with Gasteiger partial charge in [-0.15, -0.1) is 0 Å². The summed E-state index contributed by atoms with van der Waals surface area (Å²) in [6.07, 6.45) is 3.05. The van der Waals surface area contributed by atoms with Gasteiger partial charge in [-0.2, -0.15) is 13.2 Å². The molecule has 0 bridgehead atoms. The summed E-state index contributed by atoms with van der Waals surface area (Å²) in [5.74, 6) is -3.49. The van der Waals surface area contributed by atoms with E-state index in [2.05, 4.69) is 29.2 Å². The summed E-state index contributed by atoms with van der Waals surface area (Å²) in [6, 6.07) is 66.0. The second kappa shape index (κ2) is 45.1. The second-order valence-corrected chi connectivity index (χ2v) is 38.8. The van der Waals surface area contributed by atoms with Gasteiger partial charge in [0.2, 0.25) is 0 Å². The number of carbonyl (C=O) groups is 5. The minimum absolute atomic E-state index is 0.0125. The Morgan fingerprint density at radius 1 is 0.338 bits per heavy atom. The van der Waals surface area contributed by atoms with Crippen LogP contribution in [0, 0.1) is 105 Å². The van der Waals surface area contributed by atoms with Gasteiger partial charge in [-0.25, -0.2) is 46.8 Å². The molecular formula is C119H105ClF7N11O10. The number of ketones is 5. The molecule has 0 aliphatic rings. The third-order valence-electron chi connectivity index (χ3n) is 26.0. The molecule has 5 atom stereocenters. The van der Waals surface area contributed by atoms with Crippen molar-refractivity contribution in [2.45, 2.75) is 182 Å². The monoisotopic (exact) mass is 2020 g/mol. The van der Waals surface area contributed by atoms with E-state index in [0.29, 0.717) is 82.7 Å². The van der Waals surface area contributed by atoms with Gasteiger partial charge in [-0.3, -0.25) is 24.0 Å². The van der Waals surface area contributed by atoms with Crippen molar-refractivity contribution >= 4 is 124 Å². The molecule has 0 aliphatic carbocycles. The van der Waals surface area contributed by atoms with Gasteiger partial charge in [0.25, 0.3) is 0 Å². The van der Waals surface area contributed by atoms with Gasteiger partial charge >= 0.3 is 6.18 Å². The van der Waals surface area contributed by atoms with Crippen LogP contribution in [0.4, 0.5) is 59.2 Å². The van der Waals surface area contributed by atoms with Crippen LogP contribution < -0.4 is 0 Å². The number of Topliss-reactive ketones (excluding diaryl/α,β-unsaturated/α-hetero) is 5. The number of imidazole rings is 1. The van der Waals surface area contributed by atoms with Crippen LogP contribution in [0.5, 0.6) is 0 Å². The molecule has 752 valence electrons. The Morgan fingerprint density at radius 2 is 0.703 bits per heavy atom. The SMILES string of the molecule is [C-]#[N+]c1ccc(CC(=O)[C@@](C)(O)Cn2cc(Cl)c3cc(C)ccc32)cc1C.[C-]#[N+]c1ccc(CC(=O)[C@@](C)(O)Cn2cc(F)c3cc(C)ccc32)cc1C.[C-]#[N+]c1ccc(CC(=O)[C@@](C)(O)Cn2ccc3c(F)c(-c4ccccc4)ccc32)cc1C.[C-]#[N+]c1ccc(CC(=O)[C@@](C)(O)Cn2ccc3c(F)cc(-c4ccc(F)cc4)cc32)cc1C.[C-]#[N+]c1ccc(CC(=O)[C@@](C)(O)Cn2cnc3cc(C)ccc32)cc1C(F)(F)F. The van der Waals surface area contributed by atoms with Gasteiger partial charge in [0.1, 0.15) is 51.3 Å². The summed E-state index contributed by atoms with van der Waals surface area (Å²) >= 11 is 6.32. The molecule has 5 N–H and O–H groups in total. The Kier molecular flexibility index (Phi) is 33.2. The second-order valence-electron chi connectivity index (χ2n) is 38.4. The Morgan fingerprint density at radius 3 is 1.14 bits per heavy atom. The summed E-state index contributed by atoms with van der Waals surface area (Å²) in [5, 5.41) is 57.0. The predicted molar refractivity (Wildman–Crippen MR) is 562 cm³/mol. The van der Waals surface area contributed by atoms with E-state index in [4.69, 9.17) is 44.5 Å². The Bertz CT molecular complexity index is 8060. The first-order valence-electron chi connectivity index (χ1n) is 46.9. The molecule has 0 spiro atoms. The number of alkyl halides is 3. The zero-order valence-corrected chi connectivity index (χ0v) is 84.0. The van der Waals surface area contributed by atoms with E-state index in [1.165, 1.54) is 71.4 Å². The maximum atomic E-state index is 15.2. The molecule has 0 radical (unpaired) electrons. The number of aryl methyl sites for hydroxylation is 7. The van der Waals surface area contributed by atoms with Gasteiger partial charge in [-0.05, 0) is 240 Å². The molecule has 5 aromatic heterocycles. The molecule has 12 aromatic carbocycles. The van der Waals surface area contributed by atoms with Crippen LogP contribution in [0.15, 0.2) is 268 Å². The molecule has 0 saturated carbocycles. The largest absolute Gasteiger partial charge is 0.407 e. The van der Waals surface area contributed by atoms with Crippen molar-refractivity contribution < 1.29 is 80.2 Å². The van der Waals surface area contributed by atoms with Gasteiger partial charge in [0.15, 0.2) is 57.4 Å². The lowest BCUT2D eigenvalue weighted by molar-refractivity contribution is -0.138. The van der Waals surface area contributed by atoms with Crippen molar-refractivity contribution in [3.8, 4) is 22.3 Å². The summed E-state index contributed by atoms with van der Waals surface area (Å²) in [7, 11) is 0. The molecule has 0 aliphatic heterocycles. The maximum Gasteiger partial charge on any atom is 0.407 e. The Balaban J connectivity index is 0.000000155. The highest BCUT2D eigenvalue weighted by atomic mass is 35.5. The molecule has 0 unspecified atom stereocenters. The molecule has 5 heterocycles. The standard InChI is InChI=1S/C27H22F2N2O2.C27H23FN2O2.C22H21ClN2O2.C22H21FN2O2.C21H18F3N3O2/c1-17-12-18(4-9-24(17)30-3)13-26(32)27(2,33)16-31-11-10-22-23(29)14-20(15-25(22)31)19-5-7-21(28)8-6-19;1-18-15-19(9-11-23(18)29-3)16-25(31)27(2,32)17-30-14-13-22-24(30)12-10-21(26(22)28)20-7-5-4-6-8-20;2*1-14-5-8-20-17(9-14)18(23)12-25(20)13-22(3,27)21(26)11-16-6-7-19(24-4)15(2)10-16;1-13-4-7-18-17(8-13)26-12-27(18)11-20(2,29)19(28)10-14-5-6-16(25-3)15(9-14)21(22,23)24/h4-12,14-15,33H,13,16H2,1-2H3;4-15,32H,16-17H2,1-2H3;2*5-10,12,27H,11,13H2,1-3H3;4-9,12,29H,10-11H2,1-2H3/t2*27-;2*22-;20-/m00000/s1. The van der Waals surface area contributed by atoms with E-state index in [1.807, 2.05) is 131 Å². The molecule has 17 rings (SSSR count). The number of halogens is 8. The Labute approximate surface area is 856 Å². The number of benzene rings is 12. The van der Waals surface area contributed by atoms with Crippen molar-refractivity contribution in [1.82, 2.24) is 27.8 Å². The summed E-state index contributed by atoms with van der Waals surface area (Å²) in [5.41, 5.74) is 8.25. The minimum atomic E-state index is -4.70. The summed E-state index contributed by atoms with van der Waals surface area (Å²) < 4.78 is 105. The van der Waals surface area contributed by atoms with Crippen LogP contribution in [-0.2, 0) is 95.0 Å². The molecule has 21 nitrogen and oxygen atoms in total. The third-order valence-corrected chi connectivity index (χ3v) is 26.3. The quantitative estimate of drug-likeness (QED) is 0.0239. The lowest BCUT2D eigenvalue weighted by Crippen LogP contribution is -2.40. The number of aliphatic hydroxyl groups is 5. The lowest BCUT2D eigenvalue weighted by Gasteiger charge is -2.23. The summed E-state index contributed by atoms with van der Waals surface area (Å²) in [6.45, 7) is 55.6. The fourth-order valence-corrected chi connectivity index (χ4v) is 17.8. The molecule has 17 aromatic rings. The van der Waals surface area contributed by atoms with E-state index in [-0.39, 0.29) is 111 Å². The number of carbonyl (C=O) groups excluding carboxylic acids is 5. The fraction of sp³-hybridized carbons (Fsp3) is 0.235. The van der Waals surface area contributed by atoms with Gasteiger partial charge in [-0.1, -0.05) is 174 Å². The first kappa shape index (κ1) is 109. The number of hydrogen-bond donors (Lipinski definition) is 5. The molecule has 29 heteroatoms. The topological polar surface area (TPSA) is 246 Å². The van der Waals surface area contributed by atoms with Crippen LogP contribution >= 0.6 is 11.6 Å². The first-order chi connectivity index (χ1) is 69.9. The van der Waals surface area contributed by atoms with E-state index >= 15 is 4.39 Å². The molecule has 0 fully saturated rings. The minimum Gasteiger partial charge on any atom is -0.380 e. The number of aromatic nitrogens is 6. The van der Waals surface area contributed by atoms with Crippen molar-refractivity contribution in [2.75, 3.05) is 0 Å². The highest BCUT2D eigenvalue weighted by Crippen LogP contribution is 2.40. The number of fused-ring (bicyclic) bond motifs is 5. The number of hydrogen-bond acceptors (Lipinski definition) is 11. The smallest absolute Gasteiger partial charge is 0.380 e. The van der Waals surface area contributed by atoms with E-state index in [0.717, 1.165) is 95.3 Å². The van der Waals surface area contributed by atoms with E-state index in [1.54, 1.807) is 159 Å². The van der Waals surface area contributed by atoms with Crippen molar-refractivity contribution in [3.05, 3.63) is 425 Å². The molecule has 0 amide bonds. The molecule has 148 heavy (non-hydrogen) atoms. The van der Waals surface area contributed by atoms with Crippen LogP contribution in [0.2, 0.25) is 5.02 Å². The zero-order chi connectivity index (χ0) is 108. The van der Waals surface area contributed by atoms with Crippen LogP contribution in [0.3, 0.4) is 0 Å². The predicted octanol–water partition coefficient (Wildman–Crippen LogP) is 25.9. The van der Waals surface area contributed by atoms with Gasteiger partial charge < -0.3 is 48.4 Å². The highest BCUT2D eigenvalue weighted by Gasteiger charge is 2.39. The van der Waals surface area contributed by atoms with Gasteiger partial charge in [0, 0.05) is 89.5 Å². The van der Waals surface area contributed by atoms with Gasteiger partial charge in [0.05, 0.1) is 110 Å². The summed E-state index contributed by atoms with van der Waals surface area (Å²) in [4.78, 5) is 84.7. The third kappa shape index (κ3) is 25.8. The van der Waals surface area contributed by atoms with Crippen LogP contribution in [-0.4, -0.2) is 110 Å². The van der Waals surface area contributed by atoms with E-state index < -0.39 is 57.0 Å². The number of nitrogens with zero attached hydrogens (tertiary/aromatic N) is 11. The van der Waals surface area contributed by atoms with Crippen LogP contribution in [0.25, 0.3) is 101 Å². The van der Waals surface area contributed by atoms with Crippen molar-refractivity contribution in [2.24, 2.45) is 0 Å². The lowest BCUT2D eigenvalue weighted by atomic mass is 9.94.